The molecule has 5 heteroatoms. The van der Waals surface area contributed by atoms with Gasteiger partial charge in [-0.3, -0.25) is 0 Å². The molecule has 0 unspecified atom stereocenters. The van der Waals surface area contributed by atoms with E-state index in [2.05, 4.69) is 54.0 Å². The highest BCUT2D eigenvalue weighted by molar-refractivity contribution is 8.00. The maximum Gasteiger partial charge on any atom is 0.192 e. The summed E-state index contributed by atoms with van der Waals surface area (Å²) < 4.78 is 1.89. The molecule has 4 nitrogen and oxygen atoms in total. The van der Waals surface area contributed by atoms with E-state index in [4.69, 9.17) is 0 Å². The lowest BCUT2D eigenvalue weighted by molar-refractivity contribution is 0.723. The zero-order valence-electron chi connectivity index (χ0n) is 11.4. The fourth-order valence-electron chi connectivity index (χ4n) is 1.78. The molecule has 0 aliphatic rings. The molecule has 0 amide bonds. The molecule has 0 aliphatic heterocycles. The summed E-state index contributed by atoms with van der Waals surface area (Å²) in [5.74, 6) is 0. The van der Waals surface area contributed by atoms with E-state index >= 15 is 0 Å². The molecule has 0 fully saturated rings. The normalized spacial score (nSPS) is 11.8. The zero-order valence-corrected chi connectivity index (χ0v) is 12.2. The van der Waals surface area contributed by atoms with Gasteiger partial charge in [0, 0.05) is 6.54 Å². The van der Waals surface area contributed by atoms with E-state index in [-0.39, 0.29) is 5.25 Å². The van der Waals surface area contributed by atoms with Gasteiger partial charge in [-0.25, -0.2) is 0 Å². The topological polar surface area (TPSA) is 54.5 Å². The van der Waals surface area contributed by atoms with Crippen LogP contribution >= 0.6 is 11.8 Å². The summed E-state index contributed by atoms with van der Waals surface area (Å²) >= 11 is 1.44. The predicted molar refractivity (Wildman–Crippen MR) is 80.4 cm³/mol. The van der Waals surface area contributed by atoms with E-state index in [0.717, 1.165) is 10.7 Å². The highest BCUT2D eigenvalue weighted by Gasteiger charge is 2.14. The largest absolute Gasteiger partial charge is 0.305 e. The molecule has 0 saturated carbocycles. The van der Waals surface area contributed by atoms with Crippen LogP contribution in [0.15, 0.2) is 48.4 Å². The van der Waals surface area contributed by atoms with Crippen LogP contribution in [0.25, 0.3) is 0 Å². The van der Waals surface area contributed by atoms with E-state index in [0.29, 0.717) is 13.0 Å². The number of nitriles is 1. The summed E-state index contributed by atoms with van der Waals surface area (Å²) in [5, 5.41) is 17.8. The third-order valence-corrected chi connectivity index (χ3v) is 3.92. The van der Waals surface area contributed by atoms with Crippen molar-refractivity contribution in [2.45, 2.75) is 30.3 Å². The number of thioether (sulfide) groups is 1. The molecule has 0 saturated heterocycles. The Hall–Kier alpha value is -2.06. The Morgan fingerprint density at radius 3 is 2.85 bits per heavy atom. The van der Waals surface area contributed by atoms with Crippen LogP contribution in [-0.4, -0.2) is 20.0 Å². The lowest BCUT2D eigenvalue weighted by atomic mass is 10.1. The van der Waals surface area contributed by atoms with Gasteiger partial charge in [0.1, 0.15) is 11.6 Å². The highest BCUT2D eigenvalue weighted by atomic mass is 32.2. The van der Waals surface area contributed by atoms with Gasteiger partial charge in [0.25, 0.3) is 0 Å². The Balaban J connectivity index is 2.05. The van der Waals surface area contributed by atoms with E-state index in [1.807, 2.05) is 4.57 Å². The Bertz CT molecular complexity index is 610. The Morgan fingerprint density at radius 1 is 1.45 bits per heavy atom. The Morgan fingerprint density at radius 2 is 2.20 bits per heavy atom. The smallest absolute Gasteiger partial charge is 0.192 e. The lowest BCUT2D eigenvalue weighted by Crippen LogP contribution is -2.06. The zero-order chi connectivity index (χ0) is 14.4. The Labute approximate surface area is 123 Å². The van der Waals surface area contributed by atoms with Gasteiger partial charge in [-0.05, 0) is 18.9 Å². The maximum atomic E-state index is 9.31. The van der Waals surface area contributed by atoms with E-state index < -0.39 is 0 Å². The van der Waals surface area contributed by atoms with Crippen molar-refractivity contribution >= 4 is 11.8 Å². The van der Waals surface area contributed by atoms with Crippen LogP contribution in [0.5, 0.6) is 0 Å². The molecule has 1 heterocycles. The van der Waals surface area contributed by atoms with Gasteiger partial charge in [0.05, 0.1) is 6.07 Å². The summed E-state index contributed by atoms with van der Waals surface area (Å²) in [6, 6.07) is 10.6. The second kappa shape index (κ2) is 6.92. The molecule has 0 spiro atoms. The van der Waals surface area contributed by atoms with Crippen LogP contribution in [-0.2, 0) is 13.0 Å². The van der Waals surface area contributed by atoms with Crippen LogP contribution in [0.1, 0.15) is 11.1 Å². The fraction of sp³-hybridized carbons (Fsp3) is 0.267. The first-order valence-electron chi connectivity index (χ1n) is 6.33. The number of aryl methyl sites for hydroxylation is 1. The van der Waals surface area contributed by atoms with Crippen LogP contribution in [0.2, 0.25) is 0 Å². The summed E-state index contributed by atoms with van der Waals surface area (Å²) in [5.41, 5.74) is 2.38. The van der Waals surface area contributed by atoms with Gasteiger partial charge in [-0.15, -0.1) is 16.8 Å². The summed E-state index contributed by atoms with van der Waals surface area (Å²) in [6.07, 6.45) is 4.14. The van der Waals surface area contributed by atoms with Crippen LogP contribution < -0.4 is 0 Å². The lowest BCUT2D eigenvalue weighted by Gasteiger charge is -2.09. The monoisotopic (exact) mass is 284 g/mol. The van der Waals surface area contributed by atoms with E-state index in [1.54, 1.807) is 12.4 Å². The standard InChI is InChI=1S/C15H16N4S/c1-3-8-19-11-17-18-15(19)20-14(10-16)9-13-6-4-12(2)5-7-13/h3-7,11,14H,1,8-9H2,2H3/t14-/m1/s1. The number of allylic oxidation sites excluding steroid dienone is 1. The molecular formula is C15H16N4S. The molecule has 2 aromatic rings. The van der Waals surface area contributed by atoms with Crippen LogP contribution in [0.3, 0.4) is 0 Å². The first-order valence-corrected chi connectivity index (χ1v) is 7.21. The first-order chi connectivity index (χ1) is 9.72. The third-order valence-electron chi connectivity index (χ3n) is 2.84. The third kappa shape index (κ3) is 3.72. The number of aromatic nitrogens is 3. The van der Waals surface area contributed by atoms with Gasteiger partial charge in [-0.1, -0.05) is 47.7 Å². The quantitative estimate of drug-likeness (QED) is 0.604. The van der Waals surface area contributed by atoms with Crippen molar-refractivity contribution in [2.24, 2.45) is 0 Å². The molecule has 1 aromatic heterocycles. The SMILES string of the molecule is C=CCn1cnnc1S[C@@H](C#N)Cc1ccc(C)cc1. The molecular weight excluding hydrogens is 268 g/mol. The minimum absolute atomic E-state index is 0.175. The molecule has 1 aromatic carbocycles. The molecule has 1 atom stereocenters. The first kappa shape index (κ1) is 14.4. The van der Waals surface area contributed by atoms with Crippen molar-refractivity contribution in [1.82, 2.24) is 14.8 Å². The number of nitrogens with zero attached hydrogens (tertiary/aromatic N) is 4. The fourth-order valence-corrected chi connectivity index (χ4v) is 2.71. The minimum atomic E-state index is -0.175. The molecule has 2 rings (SSSR count). The number of benzene rings is 1. The van der Waals surface area contributed by atoms with Crippen molar-refractivity contribution in [3.05, 3.63) is 54.4 Å². The van der Waals surface area contributed by atoms with Crippen molar-refractivity contribution < 1.29 is 0 Å². The van der Waals surface area contributed by atoms with Gasteiger partial charge in [-0.2, -0.15) is 5.26 Å². The minimum Gasteiger partial charge on any atom is -0.305 e. The number of hydrogen-bond donors (Lipinski definition) is 0. The maximum absolute atomic E-state index is 9.31. The molecule has 0 N–H and O–H groups in total. The molecule has 0 radical (unpaired) electrons. The van der Waals surface area contributed by atoms with E-state index in [9.17, 15) is 5.26 Å². The average molecular weight is 284 g/mol. The van der Waals surface area contributed by atoms with Gasteiger partial charge >= 0.3 is 0 Å². The second-order valence-electron chi connectivity index (χ2n) is 4.48. The average Bonchev–Trinajstić information content (AvgIpc) is 2.88. The number of rotatable bonds is 6. The summed E-state index contributed by atoms with van der Waals surface area (Å²) in [6.45, 7) is 6.41. The number of hydrogen-bond acceptors (Lipinski definition) is 4. The molecule has 20 heavy (non-hydrogen) atoms. The van der Waals surface area contributed by atoms with Gasteiger partial charge in [0.15, 0.2) is 5.16 Å². The molecule has 102 valence electrons. The highest BCUT2D eigenvalue weighted by Crippen LogP contribution is 2.23. The molecule has 0 bridgehead atoms. The predicted octanol–water partition coefficient (Wildman–Crippen LogP) is 3.00. The van der Waals surface area contributed by atoms with E-state index in [1.165, 1.54) is 17.3 Å². The Kier molecular flexibility index (Phi) is 4.97. The summed E-state index contributed by atoms with van der Waals surface area (Å²) in [4.78, 5) is 0. The van der Waals surface area contributed by atoms with Crippen molar-refractivity contribution in [3.63, 3.8) is 0 Å². The summed E-state index contributed by atoms with van der Waals surface area (Å²) in [7, 11) is 0. The van der Waals surface area contributed by atoms with Crippen LogP contribution in [0, 0.1) is 18.3 Å². The van der Waals surface area contributed by atoms with Gasteiger partial charge < -0.3 is 4.57 Å². The molecule has 0 aliphatic carbocycles. The van der Waals surface area contributed by atoms with Gasteiger partial charge in [0.2, 0.25) is 0 Å². The van der Waals surface area contributed by atoms with Crippen LogP contribution in [0.4, 0.5) is 0 Å². The van der Waals surface area contributed by atoms with Crippen molar-refractivity contribution in [2.75, 3.05) is 0 Å². The van der Waals surface area contributed by atoms with Crippen molar-refractivity contribution in [3.8, 4) is 6.07 Å². The second-order valence-corrected chi connectivity index (χ2v) is 5.65. The van der Waals surface area contributed by atoms with Crippen molar-refractivity contribution in [1.29, 1.82) is 5.26 Å².